The molecule has 0 atom stereocenters. The van der Waals surface area contributed by atoms with E-state index in [0.717, 1.165) is 13.1 Å². The largest absolute Gasteiger partial charge is 0.258 e. The third-order valence-corrected chi connectivity index (χ3v) is 3.56. The number of benzene rings is 1. The molecule has 0 aliphatic carbocycles. The second kappa shape index (κ2) is 6.56. The molecular weight excluding hydrogens is 234 g/mol. The SMILES string of the molecule is CC[N+](CC)=C(C#C[Si](C)(C)C)c1ccccc1. The minimum atomic E-state index is -1.33. The Morgan fingerprint density at radius 1 is 1.06 bits per heavy atom. The summed E-state index contributed by atoms with van der Waals surface area (Å²) in [4.78, 5) is 0. The summed E-state index contributed by atoms with van der Waals surface area (Å²) in [6.07, 6.45) is 0. The summed E-state index contributed by atoms with van der Waals surface area (Å²) in [7, 11) is -1.33. The highest BCUT2D eigenvalue weighted by atomic mass is 28.3. The van der Waals surface area contributed by atoms with E-state index in [9.17, 15) is 0 Å². The maximum atomic E-state index is 3.48. The van der Waals surface area contributed by atoms with Crippen molar-refractivity contribution in [3.63, 3.8) is 0 Å². The first kappa shape index (κ1) is 14.7. The van der Waals surface area contributed by atoms with Crippen LogP contribution < -0.4 is 0 Å². The standard InChI is InChI=1S/C16H24NSi/c1-6-17(7-2)16(13-14-18(3,4)5)15-11-9-8-10-12-15/h8-12H,6-7H2,1-5H3/q+1. The number of rotatable bonds is 3. The lowest BCUT2D eigenvalue weighted by molar-refractivity contribution is -0.519. The highest BCUT2D eigenvalue weighted by Gasteiger charge is 2.14. The average molecular weight is 258 g/mol. The molecule has 0 radical (unpaired) electrons. The van der Waals surface area contributed by atoms with Crippen LogP contribution in [-0.4, -0.2) is 31.5 Å². The molecule has 1 aromatic rings. The third-order valence-electron chi connectivity index (χ3n) is 2.68. The van der Waals surface area contributed by atoms with Gasteiger partial charge in [-0.05, 0) is 31.9 Å². The first-order valence-electron chi connectivity index (χ1n) is 6.68. The zero-order valence-corrected chi connectivity index (χ0v) is 13.2. The predicted octanol–water partition coefficient (Wildman–Crippen LogP) is 3.41. The van der Waals surface area contributed by atoms with Crippen molar-refractivity contribution < 1.29 is 4.58 Å². The van der Waals surface area contributed by atoms with Gasteiger partial charge in [-0.3, -0.25) is 0 Å². The Bertz CT molecular complexity index is 463. The predicted molar refractivity (Wildman–Crippen MR) is 83.0 cm³/mol. The quantitative estimate of drug-likeness (QED) is 0.338. The lowest BCUT2D eigenvalue weighted by Crippen LogP contribution is -2.23. The van der Waals surface area contributed by atoms with E-state index in [0.29, 0.717) is 0 Å². The van der Waals surface area contributed by atoms with Crippen LogP contribution in [0.1, 0.15) is 19.4 Å². The van der Waals surface area contributed by atoms with Gasteiger partial charge >= 0.3 is 0 Å². The van der Waals surface area contributed by atoms with E-state index in [-0.39, 0.29) is 0 Å². The van der Waals surface area contributed by atoms with Crippen LogP contribution in [0.25, 0.3) is 0 Å². The molecule has 0 aliphatic heterocycles. The Morgan fingerprint density at radius 2 is 1.61 bits per heavy atom. The van der Waals surface area contributed by atoms with Gasteiger partial charge in [-0.25, -0.2) is 4.58 Å². The Hall–Kier alpha value is -1.33. The second-order valence-electron chi connectivity index (χ2n) is 5.39. The lowest BCUT2D eigenvalue weighted by atomic mass is 10.1. The summed E-state index contributed by atoms with van der Waals surface area (Å²) >= 11 is 0. The highest BCUT2D eigenvalue weighted by molar-refractivity contribution is 6.84. The normalized spacial score (nSPS) is 10.5. The molecule has 0 aromatic heterocycles. The van der Waals surface area contributed by atoms with Crippen LogP contribution >= 0.6 is 0 Å². The molecule has 0 spiro atoms. The van der Waals surface area contributed by atoms with Crippen molar-refractivity contribution in [2.24, 2.45) is 0 Å². The summed E-state index contributed by atoms with van der Waals surface area (Å²) in [5.74, 6) is 3.43. The summed E-state index contributed by atoms with van der Waals surface area (Å²) in [5.41, 5.74) is 5.88. The fourth-order valence-corrected chi connectivity index (χ4v) is 2.21. The van der Waals surface area contributed by atoms with Crippen molar-refractivity contribution in [2.75, 3.05) is 13.1 Å². The molecule has 0 saturated heterocycles. The van der Waals surface area contributed by atoms with Gasteiger partial charge in [-0.15, -0.1) is 5.54 Å². The molecule has 1 rings (SSSR count). The fourth-order valence-electron chi connectivity index (χ4n) is 1.72. The van der Waals surface area contributed by atoms with Crippen molar-refractivity contribution >= 4 is 13.8 Å². The Kier molecular flexibility index (Phi) is 5.37. The topological polar surface area (TPSA) is 3.01 Å². The summed E-state index contributed by atoms with van der Waals surface area (Å²) < 4.78 is 2.34. The third kappa shape index (κ3) is 4.50. The van der Waals surface area contributed by atoms with Crippen molar-refractivity contribution in [3.8, 4) is 11.5 Å². The molecule has 2 heteroatoms. The first-order chi connectivity index (χ1) is 8.48. The van der Waals surface area contributed by atoms with Gasteiger partial charge in [0.05, 0.1) is 5.56 Å². The zero-order valence-electron chi connectivity index (χ0n) is 12.2. The summed E-state index contributed by atoms with van der Waals surface area (Å²) in [6, 6.07) is 10.5. The summed E-state index contributed by atoms with van der Waals surface area (Å²) in [5, 5.41) is 0. The van der Waals surface area contributed by atoms with Crippen molar-refractivity contribution in [1.29, 1.82) is 0 Å². The van der Waals surface area contributed by atoms with E-state index in [1.54, 1.807) is 0 Å². The van der Waals surface area contributed by atoms with Crippen LogP contribution in [0, 0.1) is 11.5 Å². The van der Waals surface area contributed by atoms with Gasteiger partial charge in [0.1, 0.15) is 21.2 Å². The lowest BCUT2D eigenvalue weighted by Gasteiger charge is -2.05. The van der Waals surface area contributed by atoms with Gasteiger partial charge in [-0.2, -0.15) is 0 Å². The molecule has 18 heavy (non-hydrogen) atoms. The minimum absolute atomic E-state index is 1.00. The molecule has 0 heterocycles. The van der Waals surface area contributed by atoms with Gasteiger partial charge in [0.25, 0.3) is 5.71 Å². The van der Waals surface area contributed by atoms with Crippen LogP contribution in [0.2, 0.25) is 19.6 Å². The Balaban J connectivity index is 3.28. The van der Waals surface area contributed by atoms with E-state index in [4.69, 9.17) is 0 Å². The number of hydrogen-bond acceptors (Lipinski definition) is 0. The minimum Gasteiger partial charge on any atom is -0.223 e. The molecule has 1 nitrogen and oxygen atoms in total. The fraction of sp³-hybridized carbons (Fsp3) is 0.438. The van der Waals surface area contributed by atoms with E-state index in [1.165, 1.54) is 11.3 Å². The van der Waals surface area contributed by atoms with Crippen molar-refractivity contribution in [1.82, 2.24) is 0 Å². The van der Waals surface area contributed by atoms with Crippen LogP contribution in [0.15, 0.2) is 30.3 Å². The molecule has 0 saturated carbocycles. The molecule has 0 aliphatic rings. The Labute approximate surface area is 113 Å². The van der Waals surface area contributed by atoms with Gasteiger partial charge in [-0.1, -0.05) is 37.8 Å². The van der Waals surface area contributed by atoms with Crippen LogP contribution in [0.4, 0.5) is 0 Å². The molecule has 0 amide bonds. The van der Waals surface area contributed by atoms with E-state index in [1.807, 2.05) is 0 Å². The highest BCUT2D eigenvalue weighted by Crippen LogP contribution is 2.03. The summed E-state index contributed by atoms with van der Waals surface area (Å²) in [6.45, 7) is 13.2. The Morgan fingerprint density at radius 3 is 2.06 bits per heavy atom. The van der Waals surface area contributed by atoms with E-state index >= 15 is 0 Å². The molecule has 0 N–H and O–H groups in total. The zero-order chi connectivity index (χ0) is 13.6. The van der Waals surface area contributed by atoms with E-state index in [2.05, 4.69) is 79.9 Å². The molecule has 1 aromatic carbocycles. The smallest absolute Gasteiger partial charge is 0.223 e. The van der Waals surface area contributed by atoms with Crippen LogP contribution in [0.3, 0.4) is 0 Å². The van der Waals surface area contributed by atoms with E-state index < -0.39 is 8.07 Å². The monoisotopic (exact) mass is 258 g/mol. The van der Waals surface area contributed by atoms with Crippen molar-refractivity contribution in [3.05, 3.63) is 35.9 Å². The molecular formula is C16H24NSi+. The number of nitrogens with zero attached hydrogens (tertiary/aromatic N) is 1. The van der Waals surface area contributed by atoms with Gasteiger partial charge in [0.15, 0.2) is 0 Å². The molecule has 0 bridgehead atoms. The molecule has 96 valence electrons. The maximum absolute atomic E-state index is 3.48. The van der Waals surface area contributed by atoms with Crippen LogP contribution in [-0.2, 0) is 0 Å². The average Bonchev–Trinajstić information content (AvgIpc) is 2.34. The van der Waals surface area contributed by atoms with Gasteiger partial charge in [0, 0.05) is 0 Å². The first-order valence-corrected chi connectivity index (χ1v) is 10.2. The number of hydrogen-bond donors (Lipinski definition) is 0. The second-order valence-corrected chi connectivity index (χ2v) is 10.1. The van der Waals surface area contributed by atoms with Crippen molar-refractivity contribution in [2.45, 2.75) is 33.5 Å². The molecule has 0 unspecified atom stereocenters. The molecule has 0 fully saturated rings. The van der Waals surface area contributed by atoms with Gasteiger partial charge in [0.2, 0.25) is 0 Å². The maximum Gasteiger partial charge on any atom is 0.258 e. The van der Waals surface area contributed by atoms with Gasteiger partial charge < -0.3 is 0 Å². The van der Waals surface area contributed by atoms with Crippen LogP contribution in [0.5, 0.6) is 0 Å².